The lowest BCUT2D eigenvalue weighted by molar-refractivity contribution is -0.0390. The number of benzene rings is 1. The van der Waals surface area contributed by atoms with Gasteiger partial charge in [-0.15, -0.1) is 0 Å². The van der Waals surface area contributed by atoms with Gasteiger partial charge in [0.1, 0.15) is 5.82 Å². The summed E-state index contributed by atoms with van der Waals surface area (Å²) in [6, 6.07) is 4.60. The number of morpholine rings is 1. The number of hydrogen-bond donors (Lipinski definition) is 1. The quantitative estimate of drug-likeness (QED) is 0.909. The first-order valence-electron chi connectivity index (χ1n) is 7.15. The first kappa shape index (κ1) is 14.8. The van der Waals surface area contributed by atoms with Crippen molar-refractivity contribution in [2.45, 2.75) is 31.5 Å². The highest BCUT2D eigenvalue weighted by Gasteiger charge is 2.37. The number of nitrogens with zero attached hydrogens (tertiary/aromatic N) is 1. The van der Waals surface area contributed by atoms with E-state index in [0.29, 0.717) is 12.6 Å². The van der Waals surface area contributed by atoms with Gasteiger partial charge in [0.05, 0.1) is 23.3 Å². The molecule has 1 N–H and O–H groups in total. The van der Waals surface area contributed by atoms with Crippen LogP contribution in [0, 0.1) is 5.82 Å². The zero-order valence-corrected chi connectivity index (χ0v) is 12.6. The molecule has 2 aliphatic rings. The van der Waals surface area contributed by atoms with Crippen LogP contribution in [-0.4, -0.2) is 48.7 Å². The maximum absolute atomic E-state index is 13.7. The minimum Gasteiger partial charge on any atom is -0.376 e. The molecule has 0 bridgehead atoms. The molecule has 3 atom stereocenters. The van der Waals surface area contributed by atoms with Gasteiger partial charge >= 0.3 is 0 Å². The summed E-state index contributed by atoms with van der Waals surface area (Å²) in [7, 11) is 0. The molecule has 0 spiro atoms. The van der Waals surface area contributed by atoms with Crippen LogP contribution in [-0.2, 0) is 4.74 Å². The summed E-state index contributed by atoms with van der Waals surface area (Å²) in [5.41, 5.74) is -0.0753. The lowest BCUT2D eigenvalue weighted by Gasteiger charge is -2.33. The van der Waals surface area contributed by atoms with Crippen LogP contribution in [0.15, 0.2) is 18.2 Å². The van der Waals surface area contributed by atoms with E-state index in [2.05, 4.69) is 10.2 Å². The van der Waals surface area contributed by atoms with Crippen molar-refractivity contribution in [3.05, 3.63) is 34.6 Å². The molecule has 1 aromatic rings. The van der Waals surface area contributed by atoms with E-state index in [-0.39, 0.29) is 22.7 Å². The summed E-state index contributed by atoms with van der Waals surface area (Å²) in [6.07, 6.45) is 1.04. The molecule has 2 saturated heterocycles. The zero-order valence-electron chi connectivity index (χ0n) is 11.8. The highest BCUT2D eigenvalue weighted by atomic mass is 35.5. The van der Waals surface area contributed by atoms with E-state index in [1.165, 1.54) is 18.2 Å². The lowest BCUT2D eigenvalue weighted by Crippen LogP contribution is -2.45. The van der Waals surface area contributed by atoms with Crippen molar-refractivity contribution in [3.8, 4) is 0 Å². The molecule has 2 heterocycles. The van der Waals surface area contributed by atoms with Gasteiger partial charge in [-0.2, -0.15) is 0 Å². The number of ether oxygens (including phenoxy) is 1. The number of carbonyl (C=O) groups excluding carboxylic acids is 1. The normalized spacial score (nSPS) is 29.2. The van der Waals surface area contributed by atoms with Gasteiger partial charge < -0.3 is 10.1 Å². The Morgan fingerprint density at radius 2 is 2.29 bits per heavy atom. The van der Waals surface area contributed by atoms with Crippen LogP contribution < -0.4 is 5.32 Å². The van der Waals surface area contributed by atoms with E-state index in [0.717, 1.165) is 19.5 Å². The summed E-state index contributed by atoms with van der Waals surface area (Å²) in [5.74, 6) is -1.04. The Bertz CT molecular complexity index is 534. The van der Waals surface area contributed by atoms with E-state index in [4.69, 9.17) is 16.3 Å². The van der Waals surface area contributed by atoms with Crippen molar-refractivity contribution >= 4 is 17.5 Å². The lowest BCUT2D eigenvalue weighted by atomic mass is 10.1. The molecule has 0 unspecified atom stereocenters. The van der Waals surface area contributed by atoms with E-state index in [1.54, 1.807) is 0 Å². The Morgan fingerprint density at radius 3 is 3.05 bits per heavy atom. The monoisotopic (exact) mass is 312 g/mol. The van der Waals surface area contributed by atoms with Crippen molar-refractivity contribution in [1.82, 2.24) is 10.2 Å². The Balaban J connectivity index is 1.66. The number of fused-ring (bicyclic) bond motifs is 1. The fourth-order valence-electron chi connectivity index (χ4n) is 3.12. The SMILES string of the molecule is C[C@H]1CN2C[C@@H](NC(=O)c3c(F)cccc3Cl)C[C@H]2CO1. The Kier molecular flexibility index (Phi) is 4.15. The van der Waals surface area contributed by atoms with Crippen molar-refractivity contribution in [3.63, 3.8) is 0 Å². The van der Waals surface area contributed by atoms with E-state index in [9.17, 15) is 9.18 Å². The molecule has 0 aliphatic carbocycles. The molecule has 3 rings (SSSR count). The minimum absolute atomic E-state index is 0.00655. The number of nitrogens with one attached hydrogen (secondary N) is 1. The molecule has 21 heavy (non-hydrogen) atoms. The second kappa shape index (κ2) is 5.91. The fraction of sp³-hybridized carbons (Fsp3) is 0.533. The number of halogens is 2. The first-order chi connectivity index (χ1) is 10.0. The molecular weight excluding hydrogens is 295 g/mol. The number of hydrogen-bond acceptors (Lipinski definition) is 3. The summed E-state index contributed by atoms with van der Waals surface area (Å²) in [6.45, 7) is 4.38. The fourth-order valence-corrected chi connectivity index (χ4v) is 3.37. The van der Waals surface area contributed by atoms with Crippen molar-refractivity contribution < 1.29 is 13.9 Å². The van der Waals surface area contributed by atoms with Gasteiger partial charge in [-0.1, -0.05) is 17.7 Å². The molecule has 1 aromatic carbocycles. The number of amides is 1. The van der Waals surface area contributed by atoms with Gasteiger partial charge in [0.15, 0.2) is 0 Å². The number of rotatable bonds is 2. The summed E-state index contributed by atoms with van der Waals surface area (Å²) in [5, 5.41) is 3.03. The van der Waals surface area contributed by atoms with E-state index >= 15 is 0 Å². The third kappa shape index (κ3) is 3.05. The van der Waals surface area contributed by atoms with Crippen LogP contribution in [0.5, 0.6) is 0 Å². The van der Waals surface area contributed by atoms with Crippen molar-refractivity contribution in [2.75, 3.05) is 19.7 Å². The number of carbonyl (C=O) groups is 1. The molecule has 2 fully saturated rings. The largest absolute Gasteiger partial charge is 0.376 e. The second-order valence-corrected chi connectivity index (χ2v) is 6.16. The van der Waals surface area contributed by atoms with Crippen molar-refractivity contribution in [2.24, 2.45) is 0 Å². The summed E-state index contributed by atoms with van der Waals surface area (Å²) < 4.78 is 19.4. The average molecular weight is 313 g/mol. The highest BCUT2D eigenvalue weighted by molar-refractivity contribution is 6.33. The molecular formula is C15H18ClFN2O2. The Labute approximate surface area is 128 Å². The predicted octanol–water partition coefficient (Wildman–Crippen LogP) is 2.07. The second-order valence-electron chi connectivity index (χ2n) is 5.75. The van der Waals surface area contributed by atoms with Crippen LogP contribution in [0.25, 0.3) is 0 Å². The molecule has 2 aliphatic heterocycles. The predicted molar refractivity (Wildman–Crippen MR) is 78.1 cm³/mol. The van der Waals surface area contributed by atoms with Gasteiger partial charge in [0.2, 0.25) is 0 Å². The van der Waals surface area contributed by atoms with Crippen LogP contribution in [0.2, 0.25) is 5.02 Å². The van der Waals surface area contributed by atoms with Gasteiger partial charge in [-0.3, -0.25) is 9.69 Å². The summed E-state index contributed by atoms with van der Waals surface area (Å²) >= 11 is 5.92. The van der Waals surface area contributed by atoms with Gasteiger partial charge in [0, 0.05) is 25.2 Å². The maximum Gasteiger partial charge on any atom is 0.256 e. The summed E-state index contributed by atoms with van der Waals surface area (Å²) in [4.78, 5) is 14.5. The molecule has 4 nitrogen and oxygen atoms in total. The molecule has 0 aromatic heterocycles. The first-order valence-corrected chi connectivity index (χ1v) is 7.53. The minimum atomic E-state index is -0.590. The molecule has 114 valence electrons. The van der Waals surface area contributed by atoms with E-state index in [1.807, 2.05) is 6.92 Å². The van der Waals surface area contributed by atoms with Gasteiger partial charge in [-0.05, 0) is 25.5 Å². The third-order valence-corrected chi connectivity index (χ3v) is 4.43. The van der Waals surface area contributed by atoms with Crippen molar-refractivity contribution in [1.29, 1.82) is 0 Å². The van der Waals surface area contributed by atoms with Crippen LogP contribution in [0.3, 0.4) is 0 Å². The third-order valence-electron chi connectivity index (χ3n) is 4.12. The maximum atomic E-state index is 13.7. The van der Waals surface area contributed by atoms with Gasteiger partial charge in [-0.25, -0.2) is 4.39 Å². The molecule has 1 amide bonds. The standard InChI is InChI=1S/C15H18ClFN2O2/c1-9-6-19-7-10(5-11(19)8-21-9)18-15(20)14-12(16)3-2-4-13(14)17/h2-4,9-11H,5-8H2,1H3,(H,18,20)/t9-,10-,11-/m0/s1. The van der Waals surface area contributed by atoms with Gasteiger partial charge in [0.25, 0.3) is 5.91 Å². The van der Waals surface area contributed by atoms with Crippen LogP contribution >= 0.6 is 11.6 Å². The smallest absolute Gasteiger partial charge is 0.256 e. The Morgan fingerprint density at radius 1 is 1.48 bits per heavy atom. The molecule has 6 heteroatoms. The average Bonchev–Trinajstić information content (AvgIpc) is 2.79. The highest BCUT2D eigenvalue weighted by Crippen LogP contribution is 2.24. The zero-order chi connectivity index (χ0) is 15.0. The molecule has 0 radical (unpaired) electrons. The van der Waals surface area contributed by atoms with Crippen LogP contribution in [0.4, 0.5) is 4.39 Å². The van der Waals surface area contributed by atoms with Crippen LogP contribution in [0.1, 0.15) is 23.7 Å². The topological polar surface area (TPSA) is 41.6 Å². The Hall–Kier alpha value is -1.17. The molecule has 0 saturated carbocycles. The van der Waals surface area contributed by atoms with E-state index < -0.39 is 11.7 Å².